The minimum Gasteiger partial charge on any atom is -0.310 e. The summed E-state index contributed by atoms with van der Waals surface area (Å²) in [6.07, 6.45) is 1.33. The van der Waals surface area contributed by atoms with Crippen molar-refractivity contribution >= 4 is 10.8 Å². The highest BCUT2D eigenvalue weighted by Crippen LogP contribution is 2.58. The molecule has 0 radical (unpaired) electrons. The predicted octanol–water partition coefficient (Wildman–Crippen LogP) is 4.54. The van der Waals surface area contributed by atoms with Crippen LogP contribution in [0.15, 0.2) is 42.5 Å². The van der Waals surface area contributed by atoms with Gasteiger partial charge in [0.25, 0.3) is 0 Å². The van der Waals surface area contributed by atoms with Crippen LogP contribution in [0.1, 0.15) is 38.8 Å². The summed E-state index contributed by atoms with van der Waals surface area (Å²) in [7, 11) is 0. The lowest BCUT2D eigenvalue weighted by Gasteiger charge is -2.22. The summed E-state index contributed by atoms with van der Waals surface area (Å²) in [5, 5.41) is 6.46. The number of hydrogen-bond donors (Lipinski definition) is 1. The summed E-state index contributed by atoms with van der Waals surface area (Å²) in [5.74, 6) is 0.762. The lowest BCUT2D eigenvalue weighted by atomic mass is 9.92. The van der Waals surface area contributed by atoms with Gasteiger partial charge in [-0.05, 0) is 40.6 Å². The molecule has 2 atom stereocenters. The van der Waals surface area contributed by atoms with Crippen molar-refractivity contribution < 1.29 is 0 Å². The molecule has 0 heterocycles. The van der Waals surface area contributed by atoms with Crippen molar-refractivity contribution in [3.05, 3.63) is 48.0 Å². The average Bonchev–Trinajstić information content (AvgIpc) is 3.04. The first-order valence-electron chi connectivity index (χ1n) is 7.34. The molecule has 0 saturated heterocycles. The number of nitrogens with one attached hydrogen (secondary N) is 1. The third-order valence-corrected chi connectivity index (χ3v) is 4.57. The SMILES string of the molecule is CCNC(c1cccc2ccccc12)C1CC1(C)C. The van der Waals surface area contributed by atoms with Crippen LogP contribution in [0.5, 0.6) is 0 Å². The first-order valence-corrected chi connectivity index (χ1v) is 7.34. The zero-order chi connectivity index (χ0) is 13.5. The van der Waals surface area contributed by atoms with Crippen molar-refractivity contribution in [3.8, 4) is 0 Å². The molecule has 0 amide bonds. The summed E-state index contributed by atoms with van der Waals surface area (Å²) in [5.41, 5.74) is 1.96. The van der Waals surface area contributed by atoms with Crippen LogP contribution < -0.4 is 5.32 Å². The molecule has 0 aliphatic heterocycles. The fraction of sp³-hybridized carbons (Fsp3) is 0.444. The molecule has 1 nitrogen and oxygen atoms in total. The van der Waals surface area contributed by atoms with Crippen LogP contribution in [-0.4, -0.2) is 6.54 Å². The van der Waals surface area contributed by atoms with Gasteiger partial charge in [0.05, 0.1) is 0 Å². The van der Waals surface area contributed by atoms with E-state index in [2.05, 4.69) is 68.6 Å². The quantitative estimate of drug-likeness (QED) is 0.843. The van der Waals surface area contributed by atoms with E-state index in [-0.39, 0.29) is 0 Å². The Bertz CT molecular complexity index is 580. The van der Waals surface area contributed by atoms with Gasteiger partial charge in [-0.15, -0.1) is 0 Å². The molecule has 0 bridgehead atoms. The first-order chi connectivity index (χ1) is 9.13. The van der Waals surface area contributed by atoms with Crippen molar-refractivity contribution in [2.75, 3.05) is 6.54 Å². The molecular formula is C18H23N. The van der Waals surface area contributed by atoms with Gasteiger partial charge in [0.2, 0.25) is 0 Å². The minimum absolute atomic E-state index is 0.490. The van der Waals surface area contributed by atoms with Gasteiger partial charge in [0.15, 0.2) is 0 Å². The van der Waals surface area contributed by atoms with Crippen LogP contribution in [0, 0.1) is 11.3 Å². The van der Waals surface area contributed by atoms with Gasteiger partial charge < -0.3 is 5.32 Å². The number of hydrogen-bond acceptors (Lipinski definition) is 1. The van der Waals surface area contributed by atoms with Crippen LogP contribution >= 0.6 is 0 Å². The van der Waals surface area contributed by atoms with Crippen molar-refractivity contribution in [2.24, 2.45) is 11.3 Å². The maximum absolute atomic E-state index is 3.71. The van der Waals surface area contributed by atoms with E-state index in [0.717, 1.165) is 12.5 Å². The molecule has 2 aromatic carbocycles. The minimum atomic E-state index is 0.490. The van der Waals surface area contributed by atoms with E-state index in [0.29, 0.717) is 11.5 Å². The molecule has 2 aromatic rings. The van der Waals surface area contributed by atoms with E-state index in [1.54, 1.807) is 0 Å². The lowest BCUT2D eigenvalue weighted by Crippen LogP contribution is -2.24. The molecule has 2 unspecified atom stereocenters. The number of fused-ring (bicyclic) bond motifs is 1. The van der Waals surface area contributed by atoms with Gasteiger partial charge in [0.1, 0.15) is 0 Å². The molecule has 1 N–H and O–H groups in total. The summed E-state index contributed by atoms with van der Waals surface area (Å²) in [6, 6.07) is 15.9. The third-order valence-electron chi connectivity index (χ3n) is 4.57. The Balaban J connectivity index is 2.05. The first kappa shape index (κ1) is 12.7. The monoisotopic (exact) mass is 253 g/mol. The fourth-order valence-corrected chi connectivity index (χ4v) is 3.29. The molecule has 1 aliphatic carbocycles. The van der Waals surface area contributed by atoms with E-state index >= 15 is 0 Å². The summed E-state index contributed by atoms with van der Waals surface area (Å²) in [6.45, 7) is 7.99. The van der Waals surface area contributed by atoms with E-state index in [1.807, 2.05) is 0 Å². The average molecular weight is 253 g/mol. The van der Waals surface area contributed by atoms with Crippen LogP contribution in [0.3, 0.4) is 0 Å². The van der Waals surface area contributed by atoms with Crippen LogP contribution in [0.2, 0.25) is 0 Å². The van der Waals surface area contributed by atoms with Gasteiger partial charge >= 0.3 is 0 Å². The third kappa shape index (κ3) is 2.28. The van der Waals surface area contributed by atoms with Gasteiger partial charge in [-0.25, -0.2) is 0 Å². The molecule has 3 rings (SSSR count). The second-order valence-corrected chi connectivity index (χ2v) is 6.40. The highest BCUT2D eigenvalue weighted by molar-refractivity contribution is 5.86. The van der Waals surface area contributed by atoms with E-state index < -0.39 is 0 Å². The Morgan fingerprint density at radius 1 is 1.16 bits per heavy atom. The van der Waals surface area contributed by atoms with E-state index in [1.165, 1.54) is 22.8 Å². The maximum Gasteiger partial charge on any atom is 0.0360 e. The standard InChI is InChI=1S/C18H23N/c1-4-19-17(16-12-18(16,2)3)15-11-7-9-13-8-5-6-10-14(13)15/h5-11,16-17,19H,4,12H2,1-3H3. The zero-order valence-corrected chi connectivity index (χ0v) is 12.1. The zero-order valence-electron chi connectivity index (χ0n) is 12.1. The van der Waals surface area contributed by atoms with Crippen LogP contribution in [0.4, 0.5) is 0 Å². The Labute approximate surface area is 116 Å². The highest BCUT2D eigenvalue weighted by atomic mass is 14.9. The normalized spacial score (nSPS) is 22.4. The second kappa shape index (κ2) is 4.64. The van der Waals surface area contributed by atoms with Gasteiger partial charge in [0, 0.05) is 6.04 Å². The Morgan fingerprint density at radius 2 is 1.84 bits per heavy atom. The lowest BCUT2D eigenvalue weighted by molar-refractivity contribution is 0.425. The molecular weight excluding hydrogens is 230 g/mol. The van der Waals surface area contributed by atoms with Crippen molar-refractivity contribution in [3.63, 3.8) is 0 Å². The largest absolute Gasteiger partial charge is 0.310 e. The molecule has 1 fully saturated rings. The highest BCUT2D eigenvalue weighted by Gasteiger charge is 2.50. The molecule has 19 heavy (non-hydrogen) atoms. The Kier molecular flexibility index (Phi) is 3.10. The second-order valence-electron chi connectivity index (χ2n) is 6.40. The van der Waals surface area contributed by atoms with Gasteiger partial charge in [-0.2, -0.15) is 0 Å². The maximum atomic E-state index is 3.71. The van der Waals surface area contributed by atoms with Crippen molar-refractivity contribution in [1.82, 2.24) is 5.32 Å². The number of benzene rings is 2. The molecule has 100 valence electrons. The fourth-order valence-electron chi connectivity index (χ4n) is 3.29. The summed E-state index contributed by atoms with van der Waals surface area (Å²) < 4.78 is 0. The van der Waals surface area contributed by atoms with Crippen molar-refractivity contribution in [2.45, 2.75) is 33.2 Å². The number of rotatable bonds is 4. The molecule has 1 aliphatic rings. The smallest absolute Gasteiger partial charge is 0.0360 e. The molecule has 0 aromatic heterocycles. The van der Waals surface area contributed by atoms with Gasteiger partial charge in [-0.1, -0.05) is 63.2 Å². The van der Waals surface area contributed by atoms with Crippen molar-refractivity contribution in [1.29, 1.82) is 0 Å². The van der Waals surface area contributed by atoms with Gasteiger partial charge in [-0.3, -0.25) is 0 Å². The topological polar surface area (TPSA) is 12.0 Å². The predicted molar refractivity (Wildman–Crippen MR) is 82.3 cm³/mol. The summed E-state index contributed by atoms with van der Waals surface area (Å²) >= 11 is 0. The summed E-state index contributed by atoms with van der Waals surface area (Å²) in [4.78, 5) is 0. The van der Waals surface area contributed by atoms with Crippen LogP contribution in [0.25, 0.3) is 10.8 Å². The molecule has 0 spiro atoms. The molecule has 1 saturated carbocycles. The van der Waals surface area contributed by atoms with Crippen LogP contribution in [-0.2, 0) is 0 Å². The Morgan fingerprint density at radius 3 is 2.53 bits per heavy atom. The van der Waals surface area contributed by atoms with E-state index in [4.69, 9.17) is 0 Å². The molecule has 1 heteroatoms. The Hall–Kier alpha value is -1.34. The van der Waals surface area contributed by atoms with E-state index in [9.17, 15) is 0 Å².